The summed E-state index contributed by atoms with van der Waals surface area (Å²) < 4.78 is 40.6. The fourth-order valence-electron chi connectivity index (χ4n) is 3.20. The second kappa shape index (κ2) is 8.17. The van der Waals surface area contributed by atoms with Gasteiger partial charge in [0.1, 0.15) is 6.20 Å². The van der Waals surface area contributed by atoms with Crippen molar-refractivity contribution in [2.45, 2.75) is 44.3 Å². The summed E-state index contributed by atoms with van der Waals surface area (Å²) in [5, 5.41) is 6.04. The zero-order valence-electron chi connectivity index (χ0n) is 14.5. The lowest BCUT2D eigenvalue weighted by Gasteiger charge is -2.19. The number of hydrogen-bond donors (Lipinski definition) is 2. The van der Waals surface area contributed by atoms with Gasteiger partial charge in [0.2, 0.25) is 0 Å². The van der Waals surface area contributed by atoms with E-state index in [4.69, 9.17) is 11.6 Å². The van der Waals surface area contributed by atoms with Crippen molar-refractivity contribution >= 4 is 29.0 Å². The molecule has 1 aliphatic carbocycles. The molecule has 0 atom stereocenters. The number of halogens is 4. The fourth-order valence-corrected chi connectivity index (χ4v) is 3.32. The van der Waals surface area contributed by atoms with Crippen LogP contribution in [0, 0.1) is 0 Å². The molecule has 0 radical (unpaired) electrons. The molecule has 27 heavy (non-hydrogen) atoms. The number of aromatic nitrogens is 1. The van der Waals surface area contributed by atoms with Gasteiger partial charge in [-0.2, -0.15) is 13.2 Å². The smallest absolute Gasteiger partial charge is 0.322 e. The van der Waals surface area contributed by atoms with Crippen molar-refractivity contribution in [1.82, 2.24) is 0 Å². The summed E-state index contributed by atoms with van der Waals surface area (Å²) in [6, 6.07) is 7.25. The van der Waals surface area contributed by atoms with E-state index in [9.17, 15) is 18.0 Å². The second-order valence-electron chi connectivity index (χ2n) is 6.61. The van der Waals surface area contributed by atoms with Crippen LogP contribution in [-0.4, -0.2) is 11.9 Å². The van der Waals surface area contributed by atoms with Gasteiger partial charge in [-0.15, -0.1) is 0 Å². The third-order valence-electron chi connectivity index (χ3n) is 4.57. The van der Waals surface area contributed by atoms with E-state index in [0.29, 0.717) is 10.7 Å². The minimum absolute atomic E-state index is 0.143. The monoisotopic (exact) mass is 398 g/mol. The Labute approximate surface area is 160 Å². The second-order valence-corrected chi connectivity index (χ2v) is 7.05. The highest BCUT2D eigenvalue weighted by Crippen LogP contribution is 2.33. The Kier molecular flexibility index (Phi) is 5.89. The van der Waals surface area contributed by atoms with E-state index >= 15 is 0 Å². The molecule has 1 heterocycles. The molecule has 3 N–H and O–H groups in total. The number of amides is 1. The topological polar surface area (TPSA) is 55.3 Å². The lowest BCUT2D eigenvalue weighted by molar-refractivity contribution is -0.362. The van der Waals surface area contributed by atoms with Crippen LogP contribution in [0.15, 0.2) is 36.5 Å². The minimum Gasteiger partial charge on any atom is -0.322 e. The van der Waals surface area contributed by atoms with E-state index in [-0.39, 0.29) is 11.9 Å². The van der Waals surface area contributed by atoms with E-state index < -0.39 is 23.2 Å². The zero-order valence-corrected chi connectivity index (χ0v) is 15.3. The fraction of sp³-hybridized carbons (Fsp3) is 0.368. The molecule has 1 amide bonds. The molecular formula is C19H20ClF3N3O+. The van der Waals surface area contributed by atoms with Gasteiger partial charge in [0.15, 0.2) is 0 Å². The van der Waals surface area contributed by atoms with Crippen molar-refractivity contribution in [3.05, 3.63) is 52.7 Å². The van der Waals surface area contributed by atoms with Crippen LogP contribution < -0.4 is 15.6 Å². The Balaban J connectivity index is 1.82. The predicted molar refractivity (Wildman–Crippen MR) is 97.9 cm³/mol. The summed E-state index contributed by atoms with van der Waals surface area (Å²) in [4.78, 5) is 15.2. The molecular weight excluding hydrogens is 379 g/mol. The SMILES string of the molecule is O=C(Nc1ccc(Cl)cc1)c1c[nH+]c(NC2CCCCC2)cc1C(F)(F)F. The zero-order chi connectivity index (χ0) is 19.4. The Morgan fingerprint density at radius 2 is 1.78 bits per heavy atom. The van der Waals surface area contributed by atoms with Crippen LogP contribution in [0.25, 0.3) is 0 Å². The van der Waals surface area contributed by atoms with Gasteiger partial charge in [0.05, 0.1) is 17.2 Å². The van der Waals surface area contributed by atoms with Crippen LogP contribution in [0.1, 0.15) is 48.0 Å². The first-order valence-electron chi connectivity index (χ1n) is 8.79. The minimum atomic E-state index is -4.65. The first-order valence-corrected chi connectivity index (χ1v) is 9.17. The molecule has 1 aromatic carbocycles. The van der Waals surface area contributed by atoms with Crippen LogP contribution in [0.4, 0.5) is 24.7 Å². The summed E-state index contributed by atoms with van der Waals surface area (Å²) in [6.45, 7) is 0. The number of H-pyrrole nitrogens is 1. The van der Waals surface area contributed by atoms with Gasteiger partial charge in [0.25, 0.3) is 11.7 Å². The molecule has 0 aliphatic heterocycles. The first kappa shape index (κ1) is 19.5. The third kappa shape index (κ3) is 5.13. The van der Waals surface area contributed by atoms with Crippen molar-refractivity contribution in [3.8, 4) is 0 Å². The van der Waals surface area contributed by atoms with Crippen LogP contribution in [-0.2, 0) is 6.18 Å². The van der Waals surface area contributed by atoms with Crippen LogP contribution in [0.2, 0.25) is 5.02 Å². The number of carbonyl (C=O) groups excluding carboxylic acids is 1. The largest absolute Gasteiger partial charge is 0.417 e. The molecule has 1 fully saturated rings. The van der Waals surface area contributed by atoms with Gasteiger partial charge in [-0.25, -0.2) is 4.98 Å². The molecule has 4 nitrogen and oxygen atoms in total. The van der Waals surface area contributed by atoms with Gasteiger partial charge < -0.3 is 5.32 Å². The van der Waals surface area contributed by atoms with Crippen molar-refractivity contribution in [3.63, 3.8) is 0 Å². The Morgan fingerprint density at radius 1 is 1.11 bits per heavy atom. The number of aromatic amines is 1. The number of rotatable bonds is 4. The molecule has 0 saturated heterocycles. The third-order valence-corrected chi connectivity index (χ3v) is 4.82. The van der Waals surface area contributed by atoms with Gasteiger partial charge in [-0.1, -0.05) is 18.0 Å². The normalized spacial score (nSPS) is 15.4. The number of alkyl halides is 3. The molecule has 0 bridgehead atoms. The molecule has 1 saturated carbocycles. The lowest BCUT2D eigenvalue weighted by Crippen LogP contribution is -2.29. The highest BCUT2D eigenvalue weighted by atomic mass is 35.5. The summed E-state index contributed by atoms with van der Waals surface area (Å²) >= 11 is 5.77. The number of anilines is 2. The first-order chi connectivity index (χ1) is 12.8. The highest BCUT2D eigenvalue weighted by Gasteiger charge is 2.37. The number of carbonyl (C=O) groups is 1. The molecule has 1 aliphatic rings. The molecule has 0 unspecified atom stereocenters. The average molecular weight is 399 g/mol. The van der Waals surface area contributed by atoms with Gasteiger partial charge in [-0.3, -0.25) is 10.1 Å². The Morgan fingerprint density at radius 3 is 2.41 bits per heavy atom. The molecule has 1 aromatic heterocycles. The number of benzene rings is 1. The summed E-state index contributed by atoms with van der Waals surface area (Å²) in [6.07, 6.45) is 1.57. The average Bonchev–Trinajstić information content (AvgIpc) is 2.64. The van der Waals surface area contributed by atoms with Crippen molar-refractivity contribution in [2.75, 3.05) is 10.6 Å². The Hall–Kier alpha value is -2.28. The van der Waals surface area contributed by atoms with Gasteiger partial charge >= 0.3 is 6.18 Å². The maximum Gasteiger partial charge on any atom is 0.417 e. The molecule has 3 rings (SSSR count). The van der Waals surface area contributed by atoms with Crippen molar-refractivity contribution in [2.24, 2.45) is 0 Å². The number of nitrogens with one attached hydrogen (secondary N) is 3. The molecule has 8 heteroatoms. The van der Waals surface area contributed by atoms with Crippen LogP contribution in [0.5, 0.6) is 0 Å². The van der Waals surface area contributed by atoms with E-state index in [1.807, 2.05) is 0 Å². The van der Waals surface area contributed by atoms with E-state index in [2.05, 4.69) is 15.6 Å². The van der Waals surface area contributed by atoms with Crippen molar-refractivity contribution in [1.29, 1.82) is 0 Å². The predicted octanol–water partition coefficient (Wildman–Crippen LogP) is 5.17. The highest BCUT2D eigenvalue weighted by molar-refractivity contribution is 6.30. The Bertz CT molecular complexity index is 803. The maximum atomic E-state index is 13.5. The number of pyridine rings is 1. The van der Waals surface area contributed by atoms with Gasteiger partial charge in [-0.05, 0) is 49.9 Å². The van der Waals surface area contributed by atoms with Crippen LogP contribution >= 0.6 is 11.6 Å². The van der Waals surface area contributed by atoms with Crippen molar-refractivity contribution < 1.29 is 22.9 Å². The summed E-state index contributed by atoms with van der Waals surface area (Å²) in [7, 11) is 0. The standard InChI is InChI=1S/C19H19ClF3N3O/c20-12-6-8-14(9-7-12)26-18(27)15-11-24-17(10-16(15)19(21,22)23)25-13-4-2-1-3-5-13/h6-11,13H,1-5H2,(H,24,25)(H,26,27)/p+1. The molecule has 2 aromatic rings. The molecule has 144 valence electrons. The van der Waals surface area contributed by atoms with E-state index in [1.165, 1.54) is 12.1 Å². The lowest BCUT2D eigenvalue weighted by atomic mass is 9.95. The summed E-state index contributed by atoms with van der Waals surface area (Å²) in [5.74, 6) is -0.581. The van der Waals surface area contributed by atoms with Gasteiger partial charge in [0, 0.05) is 16.8 Å². The number of hydrogen-bond acceptors (Lipinski definition) is 2. The quantitative estimate of drug-likeness (QED) is 0.746. The summed E-state index contributed by atoms with van der Waals surface area (Å²) in [5.41, 5.74) is -1.08. The molecule has 0 spiro atoms. The van der Waals surface area contributed by atoms with E-state index in [1.54, 1.807) is 12.1 Å². The van der Waals surface area contributed by atoms with E-state index in [0.717, 1.165) is 44.4 Å². The van der Waals surface area contributed by atoms with Crippen LogP contribution in [0.3, 0.4) is 0 Å². The maximum absolute atomic E-state index is 13.5.